The minimum absolute atomic E-state index is 0.390. The monoisotopic (exact) mass is 242 g/mol. The molecule has 2 nitrogen and oxygen atoms in total. The molecule has 3 unspecified atom stereocenters. The molecule has 1 fully saturated rings. The lowest BCUT2D eigenvalue weighted by Gasteiger charge is -2.41. The predicted octanol–water partition coefficient (Wildman–Crippen LogP) is 4.13. The van der Waals surface area contributed by atoms with Crippen LogP contribution in [0.4, 0.5) is 5.69 Å². The largest absolute Gasteiger partial charge is 0.367 e. The van der Waals surface area contributed by atoms with E-state index in [-0.39, 0.29) is 0 Å². The van der Waals surface area contributed by atoms with Crippen LogP contribution in [0.25, 0.3) is 0 Å². The second kappa shape index (κ2) is 5.02. The van der Waals surface area contributed by atoms with E-state index in [1.54, 1.807) is 0 Å². The van der Waals surface area contributed by atoms with E-state index in [1.807, 2.05) is 12.1 Å². The van der Waals surface area contributed by atoms with Crippen molar-refractivity contribution in [3.05, 3.63) is 29.8 Å². The zero-order chi connectivity index (χ0) is 13.2. The Morgan fingerprint density at radius 3 is 2.67 bits per heavy atom. The highest BCUT2D eigenvalue weighted by atomic mass is 15.0. The summed E-state index contributed by atoms with van der Waals surface area (Å²) >= 11 is 0. The van der Waals surface area contributed by atoms with Gasteiger partial charge in [-0.2, -0.15) is 5.26 Å². The van der Waals surface area contributed by atoms with E-state index < -0.39 is 5.54 Å². The molecule has 2 heteroatoms. The Kier molecular flexibility index (Phi) is 3.61. The van der Waals surface area contributed by atoms with Crippen LogP contribution in [0.3, 0.4) is 0 Å². The van der Waals surface area contributed by atoms with Gasteiger partial charge in [0.15, 0.2) is 0 Å². The Morgan fingerprint density at radius 1 is 1.33 bits per heavy atom. The first-order valence-electron chi connectivity index (χ1n) is 6.82. The average molecular weight is 242 g/mol. The van der Waals surface area contributed by atoms with Crippen LogP contribution in [0.2, 0.25) is 0 Å². The van der Waals surface area contributed by atoms with Gasteiger partial charge in [-0.3, -0.25) is 0 Å². The molecular weight excluding hydrogens is 220 g/mol. The van der Waals surface area contributed by atoms with E-state index >= 15 is 0 Å². The molecule has 0 heterocycles. The first kappa shape index (κ1) is 13.0. The van der Waals surface area contributed by atoms with Crippen LogP contribution in [0.1, 0.15) is 38.7 Å². The maximum absolute atomic E-state index is 9.64. The Labute approximate surface area is 110 Å². The Balaban J connectivity index is 2.24. The molecule has 18 heavy (non-hydrogen) atoms. The molecule has 0 aromatic heterocycles. The smallest absolute Gasteiger partial charge is 0.127 e. The van der Waals surface area contributed by atoms with Gasteiger partial charge < -0.3 is 5.32 Å². The molecule has 1 aliphatic carbocycles. The second-order valence-electron chi connectivity index (χ2n) is 5.80. The summed E-state index contributed by atoms with van der Waals surface area (Å²) in [4.78, 5) is 0. The number of nitrogens with one attached hydrogen (secondary N) is 1. The van der Waals surface area contributed by atoms with Crippen LogP contribution >= 0.6 is 0 Å². The van der Waals surface area contributed by atoms with Gasteiger partial charge in [0.25, 0.3) is 0 Å². The second-order valence-corrected chi connectivity index (χ2v) is 5.80. The van der Waals surface area contributed by atoms with E-state index in [9.17, 15) is 5.26 Å². The van der Waals surface area contributed by atoms with Crippen molar-refractivity contribution >= 4 is 5.69 Å². The van der Waals surface area contributed by atoms with Crippen molar-refractivity contribution < 1.29 is 0 Å². The molecular formula is C16H22N2. The summed E-state index contributed by atoms with van der Waals surface area (Å²) in [6.45, 7) is 6.57. The zero-order valence-electron chi connectivity index (χ0n) is 11.5. The fraction of sp³-hybridized carbons (Fsp3) is 0.562. The van der Waals surface area contributed by atoms with Crippen molar-refractivity contribution in [2.75, 3.05) is 5.32 Å². The number of benzene rings is 1. The van der Waals surface area contributed by atoms with Crippen molar-refractivity contribution in [3.8, 4) is 6.07 Å². The number of nitriles is 1. The van der Waals surface area contributed by atoms with Gasteiger partial charge in [-0.05, 0) is 49.7 Å². The van der Waals surface area contributed by atoms with Crippen LogP contribution < -0.4 is 5.32 Å². The fourth-order valence-corrected chi connectivity index (χ4v) is 2.98. The summed E-state index contributed by atoms with van der Waals surface area (Å²) < 4.78 is 0. The summed E-state index contributed by atoms with van der Waals surface area (Å²) in [5.74, 6) is 1.13. The highest BCUT2D eigenvalue weighted by Crippen LogP contribution is 2.39. The zero-order valence-corrected chi connectivity index (χ0v) is 11.5. The van der Waals surface area contributed by atoms with Crippen molar-refractivity contribution in [3.63, 3.8) is 0 Å². The molecule has 2 rings (SSSR count). The lowest BCUT2D eigenvalue weighted by molar-refractivity contribution is 0.229. The molecule has 1 aromatic rings. The predicted molar refractivity (Wildman–Crippen MR) is 75.3 cm³/mol. The third-order valence-electron chi connectivity index (χ3n) is 4.33. The maximum atomic E-state index is 9.64. The topological polar surface area (TPSA) is 35.8 Å². The number of nitrogens with zero attached hydrogens (tertiary/aromatic N) is 1. The molecule has 1 saturated carbocycles. The average Bonchev–Trinajstić information content (AvgIpc) is 2.36. The van der Waals surface area contributed by atoms with Gasteiger partial charge in [0.1, 0.15) is 5.54 Å². The third-order valence-corrected chi connectivity index (χ3v) is 4.33. The molecule has 1 N–H and O–H groups in total. The number of aryl methyl sites for hydroxylation is 1. The summed E-state index contributed by atoms with van der Waals surface area (Å²) in [6.07, 6.45) is 3.21. The van der Waals surface area contributed by atoms with Crippen LogP contribution in [-0.2, 0) is 0 Å². The van der Waals surface area contributed by atoms with Crippen molar-refractivity contribution in [1.29, 1.82) is 5.26 Å². The highest BCUT2D eigenvalue weighted by Gasteiger charge is 2.40. The normalized spacial score (nSPS) is 31.7. The molecule has 3 atom stereocenters. The number of hydrogen-bond donors (Lipinski definition) is 1. The van der Waals surface area contributed by atoms with Crippen molar-refractivity contribution in [2.24, 2.45) is 11.8 Å². The van der Waals surface area contributed by atoms with Crippen LogP contribution in [-0.4, -0.2) is 5.54 Å². The minimum atomic E-state index is -0.390. The highest BCUT2D eigenvalue weighted by molar-refractivity contribution is 5.54. The van der Waals surface area contributed by atoms with Gasteiger partial charge in [0.05, 0.1) is 6.07 Å². The van der Waals surface area contributed by atoms with Gasteiger partial charge in [-0.25, -0.2) is 0 Å². The summed E-state index contributed by atoms with van der Waals surface area (Å²) in [6, 6.07) is 10.8. The van der Waals surface area contributed by atoms with Gasteiger partial charge in [-0.15, -0.1) is 0 Å². The quantitative estimate of drug-likeness (QED) is 0.846. The Hall–Kier alpha value is -1.49. The molecule has 0 amide bonds. The fourth-order valence-electron chi connectivity index (χ4n) is 2.98. The standard InChI is InChI=1S/C16H22N2/c1-12-8-9-16(11-17,14(3)10-12)18-15-7-5-4-6-13(15)2/h4-7,12,14,18H,8-10H2,1-3H3. The van der Waals surface area contributed by atoms with E-state index in [0.29, 0.717) is 5.92 Å². The molecule has 0 bridgehead atoms. The molecule has 1 aliphatic rings. The summed E-state index contributed by atoms with van der Waals surface area (Å²) in [5, 5.41) is 13.2. The van der Waals surface area contributed by atoms with Crippen molar-refractivity contribution in [1.82, 2.24) is 0 Å². The van der Waals surface area contributed by atoms with Crippen molar-refractivity contribution in [2.45, 2.75) is 45.6 Å². The molecule has 0 aliphatic heterocycles. The Morgan fingerprint density at radius 2 is 2.06 bits per heavy atom. The van der Waals surface area contributed by atoms with Gasteiger partial charge in [0, 0.05) is 5.69 Å². The third kappa shape index (κ3) is 2.36. The van der Waals surface area contributed by atoms with Gasteiger partial charge >= 0.3 is 0 Å². The van der Waals surface area contributed by atoms with E-state index in [4.69, 9.17) is 0 Å². The first-order valence-corrected chi connectivity index (χ1v) is 6.82. The lowest BCUT2D eigenvalue weighted by atomic mass is 9.70. The van der Waals surface area contributed by atoms with Crippen LogP contribution in [0.5, 0.6) is 0 Å². The SMILES string of the molecule is Cc1ccccc1NC1(C#N)CCC(C)CC1C. The van der Waals surface area contributed by atoms with Gasteiger partial charge in [-0.1, -0.05) is 32.0 Å². The van der Waals surface area contributed by atoms with Crippen LogP contribution in [0, 0.1) is 30.1 Å². The molecule has 0 radical (unpaired) electrons. The molecule has 96 valence electrons. The number of para-hydroxylation sites is 1. The van der Waals surface area contributed by atoms with Crippen LogP contribution in [0.15, 0.2) is 24.3 Å². The lowest BCUT2D eigenvalue weighted by Crippen LogP contribution is -2.47. The summed E-state index contributed by atoms with van der Waals surface area (Å²) in [7, 11) is 0. The minimum Gasteiger partial charge on any atom is -0.367 e. The molecule has 0 saturated heterocycles. The van der Waals surface area contributed by atoms with Gasteiger partial charge in [0.2, 0.25) is 0 Å². The number of hydrogen-bond acceptors (Lipinski definition) is 2. The number of anilines is 1. The molecule has 1 aromatic carbocycles. The maximum Gasteiger partial charge on any atom is 0.127 e. The van der Waals surface area contributed by atoms with E-state index in [1.165, 1.54) is 5.56 Å². The molecule has 0 spiro atoms. The van der Waals surface area contributed by atoms with E-state index in [0.717, 1.165) is 30.9 Å². The first-order chi connectivity index (χ1) is 8.57. The Bertz CT molecular complexity index is 460. The summed E-state index contributed by atoms with van der Waals surface area (Å²) in [5.41, 5.74) is 1.91. The number of rotatable bonds is 2. The van der Waals surface area contributed by atoms with E-state index in [2.05, 4.69) is 44.3 Å².